The van der Waals surface area contributed by atoms with E-state index in [2.05, 4.69) is 23.8 Å². The van der Waals surface area contributed by atoms with Crippen LogP contribution in [0, 0.1) is 18.8 Å². The van der Waals surface area contributed by atoms with Crippen molar-refractivity contribution in [1.82, 2.24) is 14.9 Å². The van der Waals surface area contributed by atoms with Gasteiger partial charge >= 0.3 is 5.97 Å². The van der Waals surface area contributed by atoms with Gasteiger partial charge in [0.1, 0.15) is 0 Å². The van der Waals surface area contributed by atoms with E-state index in [1.807, 2.05) is 0 Å². The number of esters is 1. The van der Waals surface area contributed by atoms with Crippen LogP contribution in [0.3, 0.4) is 0 Å². The summed E-state index contributed by atoms with van der Waals surface area (Å²) in [6.45, 7) is 7.25. The van der Waals surface area contributed by atoms with E-state index < -0.39 is 5.97 Å². The Morgan fingerprint density at radius 2 is 1.90 bits per heavy atom. The van der Waals surface area contributed by atoms with Gasteiger partial charge in [0.05, 0.1) is 11.9 Å². The SMILES string of the molecule is Cc1cnc(C(=O)OCC(=O)N2C[C@H](C)C[C@H](C)C2)cn1. The molecular formula is C15H21N3O3. The van der Waals surface area contributed by atoms with Crippen LogP contribution in [0.4, 0.5) is 0 Å². The number of amides is 1. The number of aryl methyl sites for hydroxylation is 1. The largest absolute Gasteiger partial charge is 0.451 e. The van der Waals surface area contributed by atoms with E-state index in [4.69, 9.17) is 4.74 Å². The van der Waals surface area contributed by atoms with Crippen molar-refractivity contribution in [3.05, 3.63) is 23.8 Å². The quantitative estimate of drug-likeness (QED) is 0.788. The van der Waals surface area contributed by atoms with Gasteiger partial charge in [-0.1, -0.05) is 13.8 Å². The lowest BCUT2D eigenvalue weighted by atomic mass is 9.92. The van der Waals surface area contributed by atoms with Gasteiger partial charge in [-0.15, -0.1) is 0 Å². The number of rotatable bonds is 3. The predicted octanol–water partition coefficient (Wildman–Crippen LogP) is 1.45. The molecular weight excluding hydrogens is 270 g/mol. The molecule has 21 heavy (non-hydrogen) atoms. The summed E-state index contributed by atoms with van der Waals surface area (Å²) >= 11 is 0. The number of carbonyl (C=O) groups excluding carboxylic acids is 2. The summed E-state index contributed by atoms with van der Waals surface area (Å²) < 4.78 is 5.02. The van der Waals surface area contributed by atoms with Crippen LogP contribution in [-0.2, 0) is 9.53 Å². The van der Waals surface area contributed by atoms with Gasteiger partial charge in [0.25, 0.3) is 5.91 Å². The van der Waals surface area contributed by atoms with Gasteiger partial charge in [0, 0.05) is 19.3 Å². The lowest BCUT2D eigenvalue weighted by Gasteiger charge is -2.34. The van der Waals surface area contributed by atoms with E-state index in [-0.39, 0.29) is 18.2 Å². The lowest BCUT2D eigenvalue weighted by Crippen LogP contribution is -2.44. The van der Waals surface area contributed by atoms with Crippen molar-refractivity contribution >= 4 is 11.9 Å². The third-order valence-corrected chi connectivity index (χ3v) is 3.54. The highest BCUT2D eigenvalue weighted by molar-refractivity contribution is 5.89. The van der Waals surface area contributed by atoms with Gasteiger partial charge in [-0.3, -0.25) is 9.78 Å². The molecule has 2 rings (SSSR count). The van der Waals surface area contributed by atoms with Crippen molar-refractivity contribution in [2.45, 2.75) is 27.2 Å². The van der Waals surface area contributed by atoms with E-state index in [1.165, 1.54) is 12.4 Å². The van der Waals surface area contributed by atoms with E-state index >= 15 is 0 Å². The summed E-state index contributed by atoms with van der Waals surface area (Å²) in [5, 5.41) is 0. The molecule has 0 aromatic carbocycles. The van der Waals surface area contributed by atoms with Gasteiger partial charge < -0.3 is 9.64 Å². The highest BCUT2D eigenvalue weighted by atomic mass is 16.5. The molecule has 2 atom stereocenters. The Labute approximate surface area is 124 Å². The number of piperidine rings is 1. The summed E-state index contributed by atoms with van der Waals surface area (Å²) in [5.41, 5.74) is 0.840. The molecule has 1 aromatic rings. The van der Waals surface area contributed by atoms with Crippen LogP contribution in [0.5, 0.6) is 0 Å². The third-order valence-electron chi connectivity index (χ3n) is 3.54. The van der Waals surface area contributed by atoms with Crippen molar-refractivity contribution < 1.29 is 14.3 Å². The molecule has 0 saturated carbocycles. The Morgan fingerprint density at radius 1 is 1.24 bits per heavy atom. The number of ether oxygens (including phenoxy) is 1. The first-order chi connectivity index (χ1) is 9.95. The lowest BCUT2D eigenvalue weighted by molar-refractivity contribution is -0.137. The van der Waals surface area contributed by atoms with Crippen molar-refractivity contribution in [1.29, 1.82) is 0 Å². The van der Waals surface area contributed by atoms with Gasteiger partial charge in [-0.05, 0) is 25.2 Å². The molecule has 1 aliphatic heterocycles. The summed E-state index contributed by atoms with van der Waals surface area (Å²) in [7, 11) is 0. The second-order valence-electron chi connectivity index (χ2n) is 5.86. The zero-order valence-electron chi connectivity index (χ0n) is 12.7. The second kappa shape index (κ2) is 6.65. The zero-order valence-corrected chi connectivity index (χ0v) is 12.7. The maximum Gasteiger partial charge on any atom is 0.359 e. The molecule has 0 unspecified atom stereocenters. The number of likely N-dealkylation sites (tertiary alicyclic amines) is 1. The monoisotopic (exact) mass is 291 g/mol. The fourth-order valence-corrected chi connectivity index (χ4v) is 2.66. The normalized spacial score (nSPS) is 22.0. The highest BCUT2D eigenvalue weighted by Crippen LogP contribution is 2.20. The van der Waals surface area contributed by atoms with Gasteiger partial charge in [0.15, 0.2) is 12.3 Å². The van der Waals surface area contributed by atoms with Crippen LogP contribution in [-0.4, -0.2) is 46.4 Å². The predicted molar refractivity (Wildman–Crippen MR) is 76.6 cm³/mol. The average molecular weight is 291 g/mol. The number of hydrogen-bond donors (Lipinski definition) is 0. The molecule has 1 amide bonds. The van der Waals surface area contributed by atoms with Crippen LogP contribution in [0.25, 0.3) is 0 Å². The first-order valence-electron chi connectivity index (χ1n) is 7.19. The summed E-state index contributed by atoms with van der Waals surface area (Å²) in [6, 6.07) is 0. The Morgan fingerprint density at radius 3 is 2.48 bits per heavy atom. The second-order valence-corrected chi connectivity index (χ2v) is 5.86. The molecule has 0 aliphatic carbocycles. The van der Waals surface area contributed by atoms with Crippen LogP contribution < -0.4 is 0 Å². The molecule has 1 fully saturated rings. The van der Waals surface area contributed by atoms with Gasteiger partial charge in [0.2, 0.25) is 0 Å². The molecule has 6 heteroatoms. The molecule has 0 N–H and O–H groups in total. The minimum atomic E-state index is -0.617. The van der Waals surface area contributed by atoms with Crippen molar-refractivity contribution in [3.8, 4) is 0 Å². The van der Waals surface area contributed by atoms with E-state index in [0.29, 0.717) is 11.8 Å². The van der Waals surface area contributed by atoms with E-state index in [0.717, 1.165) is 25.2 Å². The Kier molecular flexibility index (Phi) is 4.88. The van der Waals surface area contributed by atoms with Crippen molar-refractivity contribution in [2.24, 2.45) is 11.8 Å². The number of hydrogen-bond acceptors (Lipinski definition) is 5. The van der Waals surface area contributed by atoms with E-state index in [1.54, 1.807) is 11.8 Å². The number of carbonyl (C=O) groups is 2. The molecule has 0 spiro atoms. The average Bonchev–Trinajstić information content (AvgIpc) is 2.44. The Bertz CT molecular complexity index is 505. The fraction of sp³-hybridized carbons (Fsp3) is 0.600. The first kappa shape index (κ1) is 15.4. The van der Waals surface area contributed by atoms with E-state index in [9.17, 15) is 9.59 Å². The smallest absolute Gasteiger partial charge is 0.359 e. The van der Waals surface area contributed by atoms with Gasteiger partial charge in [-0.25, -0.2) is 9.78 Å². The summed E-state index contributed by atoms with van der Waals surface area (Å²) in [6.07, 6.45) is 3.97. The molecule has 6 nitrogen and oxygen atoms in total. The molecule has 1 aliphatic rings. The molecule has 1 saturated heterocycles. The summed E-state index contributed by atoms with van der Waals surface area (Å²) in [4.78, 5) is 33.5. The minimum absolute atomic E-state index is 0.119. The highest BCUT2D eigenvalue weighted by Gasteiger charge is 2.26. The van der Waals surface area contributed by atoms with Crippen LogP contribution >= 0.6 is 0 Å². The van der Waals surface area contributed by atoms with Crippen molar-refractivity contribution in [2.75, 3.05) is 19.7 Å². The molecule has 0 bridgehead atoms. The molecule has 2 heterocycles. The van der Waals surface area contributed by atoms with Crippen molar-refractivity contribution in [3.63, 3.8) is 0 Å². The minimum Gasteiger partial charge on any atom is -0.451 e. The number of nitrogens with zero attached hydrogens (tertiary/aromatic N) is 3. The topological polar surface area (TPSA) is 72.4 Å². The summed E-state index contributed by atoms with van der Waals surface area (Å²) in [5.74, 6) is 0.198. The first-order valence-corrected chi connectivity index (χ1v) is 7.19. The van der Waals surface area contributed by atoms with Gasteiger partial charge in [-0.2, -0.15) is 0 Å². The molecule has 0 radical (unpaired) electrons. The third kappa shape index (κ3) is 4.24. The fourth-order valence-electron chi connectivity index (χ4n) is 2.66. The molecule has 1 aromatic heterocycles. The maximum atomic E-state index is 12.1. The van der Waals surface area contributed by atoms with Crippen LogP contribution in [0.15, 0.2) is 12.4 Å². The number of aromatic nitrogens is 2. The Balaban J connectivity index is 1.86. The Hall–Kier alpha value is -1.98. The molecule has 114 valence electrons. The zero-order chi connectivity index (χ0) is 15.4. The standard InChI is InChI=1S/C15H21N3O3/c1-10-4-11(2)8-18(7-10)14(19)9-21-15(20)13-6-16-12(3)5-17-13/h5-6,10-11H,4,7-9H2,1-3H3/t10-,11+. The van der Waals surface area contributed by atoms with Crippen LogP contribution in [0.2, 0.25) is 0 Å². The maximum absolute atomic E-state index is 12.1. The van der Waals surface area contributed by atoms with Crippen LogP contribution in [0.1, 0.15) is 36.5 Å².